The minimum Gasteiger partial charge on any atom is -0.481 e. The molecule has 0 bridgehead atoms. The van der Waals surface area contributed by atoms with Gasteiger partial charge in [-0.3, -0.25) is 18.5 Å². The van der Waals surface area contributed by atoms with Crippen molar-refractivity contribution in [3.8, 4) is 11.3 Å². The second-order valence-electron chi connectivity index (χ2n) is 13.9. The number of benzene rings is 2. The summed E-state index contributed by atoms with van der Waals surface area (Å²) >= 11 is 0. The number of hydrogen-bond donors (Lipinski definition) is 4. The van der Waals surface area contributed by atoms with E-state index in [1.54, 1.807) is 19.2 Å². The molecule has 1 unspecified atom stereocenters. The first kappa shape index (κ1) is 45.7. The van der Waals surface area contributed by atoms with Crippen LogP contribution in [0.25, 0.3) is 17.4 Å². The maximum absolute atomic E-state index is 12.2. The molecule has 0 aromatic heterocycles. The number of nitrogens with zero attached hydrogens (tertiary/aromatic N) is 2. The fraction of sp³-hybridized carbons (Fsp3) is 0.474. The van der Waals surface area contributed by atoms with Gasteiger partial charge in [0.1, 0.15) is 18.9 Å². The third-order valence-corrected chi connectivity index (χ3v) is 12.2. The van der Waals surface area contributed by atoms with Crippen LogP contribution >= 0.6 is 0 Å². The molecule has 57 heavy (non-hydrogen) atoms. The van der Waals surface area contributed by atoms with E-state index in [1.807, 2.05) is 52.8 Å². The predicted molar refractivity (Wildman–Crippen MR) is 214 cm³/mol. The number of rotatable bonds is 23. The molecule has 1 aromatic rings. The first-order chi connectivity index (χ1) is 26.8. The van der Waals surface area contributed by atoms with Gasteiger partial charge in [0.2, 0.25) is 5.36 Å². The number of fused-ring (bicyclic) bond motifs is 2. The Morgan fingerprint density at radius 1 is 0.877 bits per heavy atom. The molecule has 1 aliphatic carbocycles. The molecule has 0 amide bonds. The average Bonchev–Trinajstić information content (AvgIpc) is 3.35. The standard InChI is InChI=1S/C38H50N2O14S3/c1-38(17-7-25-55(43,44)45)33-28-31(57(49,50)51)13-15-34(33)40(19-5-3-4-11-37(41)42)36(38)10-6-9-29-16-21-54-35-27-30(12-14-32(29)35)39(18-8-26-56(46,47)48)20-22-53-24-23-52-2/h6,9-10,12-16,21,27-28H,3-5,7-8,11,17-20,22-26H2,1-2H3,(H3-,41,42,43,44,45,46,47,48,49,50,51)/p+1. The van der Waals surface area contributed by atoms with E-state index < -0.39 is 53.2 Å². The molecule has 0 fully saturated rings. The Bertz CT molecular complexity index is 2300. The molecule has 4 rings (SSSR count). The number of carboxylic acids is 1. The second-order valence-corrected chi connectivity index (χ2v) is 18.5. The van der Waals surface area contributed by atoms with Crippen molar-refractivity contribution in [1.82, 2.24) is 4.58 Å². The maximum atomic E-state index is 12.2. The number of carboxylic acid groups (broad SMARTS) is 1. The van der Waals surface area contributed by atoms with Crippen molar-refractivity contribution in [3.05, 3.63) is 83.1 Å². The van der Waals surface area contributed by atoms with Crippen molar-refractivity contribution >= 4 is 48.1 Å². The van der Waals surface area contributed by atoms with Gasteiger partial charge in [-0.1, -0.05) is 18.6 Å². The maximum Gasteiger partial charge on any atom is 0.303 e. The van der Waals surface area contributed by atoms with E-state index in [0.29, 0.717) is 81.4 Å². The molecular weight excluding hydrogens is 805 g/mol. The van der Waals surface area contributed by atoms with Crippen molar-refractivity contribution in [2.24, 2.45) is 0 Å². The van der Waals surface area contributed by atoms with E-state index >= 15 is 0 Å². The van der Waals surface area contributed by atoms with Crippen molar-refractivity contribution in [2.45, 2.75) is 62.2 Å². The molecular formula is C38H51N2O14S3+. The van der Waals surface area contributed by atoms with Crippen LogP contribution in [0.5, 0.6) is 0 Å². The minimum atomic E-state index is -4.59. The van der Waals surface area contributed by atoms with Gasteiger partial charge in [-0.25, -0.2) is 4.58 Å². The summed E-state index contributed by atoms with van der Waals surface area (Å²) in [5, 5.41) is 9.85. The van der Waals surface area contributed by atoms with Gasteiger partial charge in [0.25, 0.3) is 30.4 Å². The Labute approximate surface area is 333 Å². The largest absolute Gasteiger partial charge is 0.481 e. The summed E-state index contributed by atoms with van der Waals surface area (Å²) in [4.78, 5) is 12.8. The van der Waals surface area contributed by atoms with Gasteiger partial charge < -0.3 is 23.9 Å². The summed E-state index contributed by atoms with van der Waals surface area (Å²) in [6.45, 7) is 4.18. The monoisotopic (exact) mass is 855 g/mol. The van der Waals surface area contributed by atoms with Crippen molar-refractivity contribution in [1.29, 1.82) is 0 Å². The highest BCUT2D eigenvalue weighted by Gasteiger charge is 2.43. The number of methoxy groups -OCH3 is 1. The zero-order valence-electron chi connectivity index (χ0n) is 31.9. The topological polar surface area (TPSA) is 238 Å². The van der Waals surface area contributed by atoms with Gasteiger partial charge in [-0.05, 0) is 80.1 Å². The molecule has 16 nitrogen and oxygen atoms in total. The first-order valence-electron chi connectivity index (χ1n) is 18.4. The molecule has 1 aromatic carbocycles. The predicted octanol–water partition coefficient (Wildman–Crippen LogP) is 4.33. The molecule has 2 aliphatic heterocycles. The van der Waals surface area contributed by atoms with E-state index in [4.69, 9.17) is 19.0 Å². The smallest absolute Gasteiger partial charge is 0.303 e. The Morgan fingerprint density at radius 2 is 1.61 bits per heavy atom. The summed E-state index contributed by atoms with van der Waals surface area (Å²) in [5.41, 5.74) is 2.45. The van der Waals surface area contributed by atoms with Crippen LogP contribution in [0.4, 0.5) is 5.69 Å². The molecule has 19 heteroatoms. The SMILES string of the molecule is COCCOCC[N+](CCCS(=O)(=O)O)=c1ccc2c(C=CC=C3N(CCCCCC(=O)O)c4ccc(S(=O)(=O)O)cc4C3(C)CCCS(=O)(=O)O)ccoc-2c1. The summed E-state index contributed by atoms with van der Waals surface area (Å²) in [6, 6.07) is 11.6. The summed E-state index contributed by atoms with van der Waals surface area (Å²) in [5.74, 6) is -1.28. The molecule has 1 atom stereocenters. The average molecular weight is 856 g/mol. The zero-order valence-corrected chi connectivity index (χ0v) is 34.4. The number of unbranched alkanes of at least 4 members (excludes halogenated alkanes) is 2. The normalized spacial score (nSPS) is 17.5. The highest BCUT2D eigenvalue weighted by molar-refractivity contribution is 7.86. The van der Waals surface area contributed by atoms with Crippen LogP contribution in [0.1, 0.15) is 63.0 Å². The molecule has 314 valence electrons. The van der Waals surface area contributed by atoms with Gasteiger partial charge in [0.15, 0.2) is 6.54 Å². The van der Waals surface area contributed by atoms with Crippen LogP contribution in [-0.4, -0.2) is 108 Å². The Hall–Kier alpha value is -3.95. The lowest BCUT2D eigenvalue weighted by molar-refractivity contribution is -0.137. The van der Waals surface area contributed by atoms with Gasteiger partial charge in [0.05, 0.1) is 41.9 Å². The molecule has 0 saturated heterocycles. The van der Waals surface area contributed by atoms with E-state index in [9.17, 15) is 43.7 Å². The van der Waals surface area contributed by atoms with Crippen LogP contribution < -0.4 is 14.8 Å². The van der Waals surface area contributed by atoms with Crippen LogP contribution in [0.2, 0.25) is 0 Å². The quantitative estimate of drug-likeness (QED) is 0.0590. The van der Waals surface area contributed by atoms with E-state index in [2.05, 4.69) is 0 Å². The highest BCUT2D eigenvalue weighted by atomic mass is 32.2. The Balaban J connectivity index is 1.75. The lowest BCUT2D eigenvalue weighted by atomic mass is 9.77. The number of anilines is 1. The Kier molecular flexibility index (Phi) is 16.2. The third-order valence-electron chi connectivity index (χ3n) is 9.74. The fourth-order valence-corrected chi connectivity index (χ4v) is 8.47. The number of carbonyl (C=O) groups is 1. The molecule has 3 aliphatic rings. The van der Waals surface area contributed by atoms with E-state index in [-0.39, 0.29) is 30.6 Å². The second kappa shape index (κ2) is 20.1. The number of aliphatic carboxylic acids is 1. The van der Waals surface area contributed by atoms with Crippen molar-refractivity contribution in [3.63, 3.8) is 0 Å². The van der Waals surface area contributed by atoms with E-state index in [1.165, 1.54) is 18.4 Å². The molecule has 0 radical (unpaired) electrons. The zero-order chi connectivity index (χ0) is 41.9. The van der Waals surface area contributed by atoms with Gasteiger partial charge in [-0.15, -0.1) is 0 Å². The number of hydrogen-bond acceptors (Lipinski definition) is 11. The third kappa shape index (κ3) is 13.6. The molecule has 4 N–H and O–H groups in total. The van der Waals surface area contributed by atoms with E-state index in [0.717, 1.165) is 16.5 Å². The fourth-order valence-electron chi connectivity index (χ4n) is 6.96. The van der Waals surface area contributed by atoms with Crippen LogP contribution in [0, 0.1) is 0 Å². The van der Waals surface area contributed by atoms with Gasteiger partial charge >= 0.3 is 5.97 Å². The van der Waals surface area contributed by atoms with Crippen molar-refractivity contribution in [2.75, 3.05) is 63.0 Å². The van der Waals surface area contributed by atoms with Crippen LogP contribution in [0.15, 0.2) is 75.9 Å². The van der Waals surface area contributed by atoms with Crippen LogP contribution in [-0.2, 0) is 50.0 Å². The molecule has 0 saturated carbocycles. The first-order valence-corrected chi connectivity index (χ1v) is 23.0. The molecule has 0 spiro atoms. The van der Waals surface area contributed by atoms with Crippen LogP contribution in [0.3, 0.4) is 0 Å². The summed E-state index contributed by atoms with van der Waals surface area (Å²) < 4.78 is 118. The Morgan fingerprint density at radius 3 is 2.30 bits per heavy atom. The van der Waals surface area contributed by atoms with Crippen molar-refractivity contribution < 1.29 is 62.7 Å². The lowest BCUT2D eigenvalue weighted by Gasteiger charge is -2.30. The summed E-state index contributed by atoms with van der Waals surface area (Å²) in [7, 11) is -11.5. The highest BCUT2D eigenvalue weighted by Crippen LogP contribution is 2.51. The number of ether oxygens (including phenoxy) is 2. The number of allylic oxidation sites excluding steroid dienone is 3. The molecule has 2 heterocycles. The van der Waals surface area contributed by atoms with Gasteiger partial charge in [0, 0.05) is 54.9 Å². The van der Waals surface area contributed by atoms with Gasteiger partial charge in [-0.2, -0.15) is 25.3 Å². The minimum absolute atomic E-state index is 0.0151. The lowest BCUT2D eigenvalue weighted by Crippen LogP contribution is -2.34. The summed E-state index contributed by atoms with van der Waals surface area (Å²) in [6.07, 6.45) is 9.12.